The van der Waals surface area contributed by atoms with Crippen LogP contribution in [0.15, 0.2) is 35.1 Å². The second kappa shape index (κ2) is 5.27. The first kappa shape index (κ1) is 14.4. The second-order valence-electron chi connectivity index (χ2n) is 6.48. The Bertz CT molecular complexity index is 1080. The molecule has 1 saturated carbocycles. The zero-order valence-corrected chi connectivity index (χ0v) is 14.2. The van der Waals surface area contributed by atoms with Crippen molar-refractivity contribution in [1.82, 2.24) is 24.5 Å². The summed E-state index contributed by atoms with van der Waals surface area (Å²) >= 11 is 0. The molecule has 1 fully saturated rings. The van der Waals surface area contributed by atoms with E-state index in [1.54, 1.807) is 0 Å². The predicted molar refractivity (Wildman–Crippen MR) is 94.7 cm³/mol. The van der Waals surface area contributed by atoms with E-state index in [4.69, 9.17) is 9.51 Å². The molecule has 0 radical (unpaired) electrons. The Morgan fingerprint density at radius 3 is 2.88 bits per heavy atom. The molecule has 25 heavy (non-hydrogen) atoms. The van der Waals surface area contributed by atoms with Gasteiger partial charge in [0, 0.05) is 19.5 Å². The molecule has 7 nitrogen and oxygen atoms in total. The Kier molecular flexibility index (Phi) is 3.03. The van der Waals surface area contributed by atoms with Crippen LogP contribution in [0.4, 0.5) is 5.82 Å². The summed E-state index contributed by atoms with van der Waals surface area (Å²) in [5.41, 5.74) is 3.52. The number of para-hydroxylation sites is 2. The van der Waals surface area contributed by atoms with Crippen molar-refractivity contribution in [2.45, 2.75) is 25.7 Å². The fourth-order valence-corrected chi connectivity index (χ4v) is 3.09. The van der Waals surface area contributed by atoms with E-state index in [1.165, 1.54) is 0 Å². The van der Waals surface area contributed by atoms with Crippen LogP contribution in [-0.2, 0) is 0 Å². The highest BCUT2D eigenvalue weighted by Gasteiger charge is 2.30. The highest BCUT2D eigenvalue weighted by Crippen LogP contribution is 2.39. The zero-order chi connectivity index (χ0) is 17.0. The van der Waals surface area contributed by atoms with Crippen molar-refractivity contribution >= 4 is 22.4 Å². The molecule has 0 N–H and O–H groups in total. The van der Waals surface area contributed by atoms with Gasteiger partial charge in [0.1, 0.15) is 11.8 Å². The third-order valence-electron chi connectivity index (χ3n) is 4.77. The number of hydrogen-bond acceptors (Lipinski definition) is 6. The Labute approximate surface area is 144 Å². The number of hydrogen-bond donors (Lipinski definition) is 0. The van der Waals surface area contributed by atoms with Gasteiger partial charge >= 0.3 is 0 Å². The van der Waals surface area contributed by atoms with E-state index in [0.717, 1.165) is 47.6 Å². The van der Waals surface area contributed by atoms with Crippen LogP contribution in [0.25, 0.3) is 28.1 Å². The first-order chi connectivity index (χ1) is 12.3. The lowest BCUT2D eigenvalue weighted by Crippen LogP contribution is -2.18. The first-order valence-corrected chi connectivity index (χ1v) is 8.57. The summed E-state index contributed by atoms with van der Waals surface area (Å²) < 4.78 is 7.57. The SMILES string of the molecule is CCN(C)c1nc2ccccc2n2cnc(-c3nc(C4CC4)no3)c12. The van der Waals surface area contributed by atoms with Crippen LogP contribution >= 0.6 is 0 Å². The molecule has 1 aromatic carbocycles. The van der Waals surface area contributed by atoms with Crippen molar-refractivity contribution < 1.29 is 4.52 Å². The summed E-state index contributed by atoms with van der Waals surface area (Å²) in [5.74, 6) is 2.56. The van der Waals surface area contributed by atoms with E-state index in [0.29, 0.717) is 17.5 Å². The average Bonchev–Trinajstić information content (AvgIpc) is 3.21. The maximum absolute atomic E-state index is 5.52. The van der Waals surface area contributed by atoms with Gasteiger partial charge in [0.05, 0.1) is 11.0 Å². The third-order valence-corrected chi connectivity index (χ3v) is 4.77. The molecule has 0 bridgehead atoms. The maximum Gasteiger partial charge on any atom is 0.278 e. The third kappa shape index (κ3) is 2.19. The molecule has 1 aliphatic carbocycles. The van der Waals surface area contributed by atoms with Gasteiger partial charge in [-0.2, -0.15) is 4.98 Å². The van der Waals surface area contributed by atoms with E-state index < -0.39 is 0 Å². The smallest absolute Gasteiger partial charge is 0.278 e. The van der Waals surface area contributed by atoms with Gasteiger partial charge in [-0.05, 0) is 31.9 Å². The number of fused-ring (bicyclic) bond motifs is 3. The minimum Gasteiger partial charge on any atom is -0.358 e. The number of benzene rings is 1. The van der Waals surface area contributed by atoms with Gasteiger partial charge in [-0.25, -0.2) is 9.97 Å². The molecular weight excluding hydrogens is 316 g/mol. The molecule has 0 amide bonds. The van der Waals surface area contributed by atoms with Gasteiger partial charge < -0.3 is 9.42 Å². The van der Waals surface area contributed by atoms with Crippen molar-refractivity contribution in [2.75, 3.05) is 18.5 Å². The number of imidazole rings is 1. The van der Waals surface area contributed by atoms with E-state index >= 15 is 0 Å². The summed E-state index contributed by atoms with van der Waals surface area (Å²) in [6.45, 7) is 2.93. The van der Waals surface area contributed by atoms with Crippen molar-refractivity contribution in [1.29, 1.82) is 0 Å². The molecular formula is C18H18N6O. The first-order valence-electron chi connectivity index (χ1n) is 8.57. The van der Waals surface area contributed by atoms with Gasteiger partial charge in [-0.1, -0.05) is 17.3 Å². The normalized spacial score (nSPS) is 14.5. The number of nitrogens with zero attached hydrogens (tertiary/aromatic N) is 6. The zero-order valence-electron chi connectivity index (χ0n) is 14.2. The molecule has 3 heterocycles. The highest BCUT2D eigenvalue weighted by molar-refractivity contribution is 5.91. The van der Waals surface area contributed by atoms with Crippen molar-refractivity contribution in [3.63, 3.8) is 0 Å². The number of anilines is 1. The topological polar surface area (TPSA) is 72.4 Å². The average molecular weight is 334 g/mol. The van der Waals surface area contributed by atoms with E-state index in [2.05, 4.69) is 31.3 Å². The fourth-order valence-electron chi connectivity index (χ4n) is 3.09. The largest absolute Gasteiger partial charge is 0.358 e. The minimum absolute atomic E-state index is 0.447. The van der Waals surface area contributed by atoms with E-state index in [1.807, 2.05) is 37.6 Å². The molecule has 0 spiro atoms. The lowest BCUT2D eigenvalue weighted by Gasteiger charge is -2.18. The van der Waals surface area contributed by atoms with Crippen molar-refractivity contribution in [3.05, 3.63) is 36.4 Å². The molecule has 126 valence electrons. The second-order valence-corrected chi connectivity index (χ2v) is 6.48. The summed E-state index contributed by atoms with van der Waals surface area (Å²) in [5, 5.41) is 4.13. The van der Waals surface area contributed by atoms with Crippen molar-refractivity contribution in [2.24, 2.45) is 0 Å². The minimum atomic E-state index is 0.447. The lowest BCUT2D eigenvalue weighted by molar-refractivity contribution is 0.422. The van der Waals surface area contributed by atoms with Crippen LogP contribution in [-0.4, -0.2) is 38.1 Å². The summed E-state index contributed by atoms with van der Waals surface area (Å²) in [7, 11) is 2.03. The number of rotatable bonds is 4. The highest BCUT2D eigenvalue weighted by atomic mass is 16.5. The molecule has 5 rings (SSSR count). The Morgan fingerprint density at radius 2 is 2.08 bits per heavy atom. The van der Waals surface area contributed by atoms with Crippen LogP contribution < -0.4 is 4.90 Å². The van der Waals surface area contributed by atoms with Crippen LogP contribution in [0.3, 0.4) is 0 Å². The van der Waals surface area contributed by atoms with E-state index in [9.17, 15) is 0 Å². The van der Waals surface area contributed by atoms with Gasteiger partial charge in [-0.3, -0.25) is 4.40 Å². The summed E-state index contributed by atoms with van der Waals surface area (Å²) in [4.78, 5) is 16.1. The fraction of sp³-hybridized carbons (Fsp3) is 0.333. The molecule has 0 unspecified atom stereocenters. The van der Waals surface area contributed by atoms with Gasteiger partial charge in [0.2, 0.25) is 0 Å². The maximum atomic E-state index is 5.52. The number of aromatic nitrogens is 5. The monoisotopic (exact) mass is 334 g/mol. The van der Waals surface area contributed by atoms with Crippen LogP contribution in [0, 0.1) is 0 Å². The van der Waals surface area contributed by atoms with Crippen LogP contribution in [0.5, 0.6) is 0 Å². The van der Waals surface area contributed by atoms with E-state index in [-0.39, 0.29) is 0 Å². The standard InChI is InChI=1S/C18H18N6O/c1-3-23(2)17-15-14(18-21-16(22-25-18)11-8-9-11)19-10-24(15)13-7-5-4-6-12(13)20-17/h4-7,10-11H,3,8-9H2,1-2H3. The molecule has 0 aliphatic heterocycles. The van der Waals surface area contributed by atoms with Crippen molar-refractivity contribution in [3.8, 4) is 11.6 Å². The predicted octanol–water partition coefficient (Wildman–Crippen LogP) is 3.27. The van der Waals surface area contributed by atoms with Crippen LogP contribution in [0.1, 0.15) is 31.5 Å². The van der Waals surface area contributed by atoms with Gasteiger partial charge in [-0.15, -0.1) is 0 Å². The van der Waals surface area contributed by atoms with Gasteiger partial charge in [0.25, 0.3) is 5.89 Å². The van der Waals surface area contributed by atoms with Gasteiger partial charge in [0.15, 0.2) is 17.3 Å². The summed E-state index contributed by atoms with van der Waals surface area (Å²) in [6.07, 6.45) is 4.08. The molecule has 1 aliphatic rings. The Balaban J connectivity index is 1.79. The Hall–Kier alpha value is -2.96. The molecule has 3 aromatic heterocycles. The van der Waals surface area contributed by atoms with Crippen LogP contribution in [0.2, 0.25) is 0 Å². The lowest BCUT2D eigenvalue weighted by atomic mass is 10.2. The summed E-state index contributed by atoms with van der Waals surface area (Å²) in [6, 6.07) is 8.05. The quantitative estimate of drug-likeness (QED) is 0.570. The molecule has 0 atom stereocenters. The molecule has 4 aromatic rings. The molecule has 0 saturated heterocycles. The molecule has 7 heteroatoms. The Morgan fingerprint density at radius 1 is 1.24 bits per heavy atom.